The summed E-state index contributed by atoms with van der Waals surface area (Å²) in [4.78, 5) is 26.8. The zero-order valence-corrected chi connectivity index (χ0v) is 10.9. The number of carboxylic acids is 1. The van der Waals surface area contributed by atoms with Gasteiger partial charge in [-0.05, 0) is 25.0 Å². The largest absolute Gasteiger partial charge is 0.478 e. The molecule has 3 N–H and O–H groups in total. The quantitative estimate of drug-likeness (QED) is 0.862. The van der Waals surface area contributed by atoms with Crippen molar-refractivity contribution in [1.29, 1.82) is 0 Å². The lowest BCUT2D eigenvalue weighted by molar-refractivity contribution is -0.118. The Balaban J connectivity index is 2.14. The van der Waals surface area contributed by atoms with Crippen LogP contribution in [0.3, 0.4) is 0 Å². The molecule has 6 heteroatoms. The minimum Gasteiger partial charge on any atom is -0.478 e. The van der Waals surface area contributed by atoms with E-state index in [0.29, 0.717) is 18.0 Å². The van der Waals surface area contributed by atoms with Crippen molar-refractivity contribution in [2.24, 2.45) is 5.73 Å². The Kier molecular flexibility index (Phi) is 2.93. The first kappa shape index (κ1) is 12.7. The highest BCUT2D eigenvalue weighted by atomic mass is 16.4. The summed E-state index contributed by atoms with van der Waals surface area (Å²) in [6.45, 7) is 0.445. The molecular weight excluding hydrogens is 258 g/mol. The molecule has 0 bridgehead atoms. The van der Waals surface area contributed by atoms with Crippen LogP contribution in [0.25, 0.3) is 11.0 Å². The first-order valence-electron chi connectivity index (χ1n) is 6.58. The number of nitrogens with zero attached hydrogens (tertiary/aromatic N) is 2. The van der Waals surface area contributed by atoms with Crippen molar-refractivity contribution in [2.75, 3.05) is 0 Å². The lowest BCUT2D eigenvalue weighted by atomic mass is 10.2. The highest BCUT2D eigenvalue weighted by Gasteiger charge is 2.30. The fraction of sp³-hybridized carbons (Fsp3) is 0.357. The normalized spacial score (nSPS) is 14.6. The minimum atomic E-state index is -0.988. The molecule has 3 rings (SSSR count). The molecule has 1 aromatic carbocycles. The second kappa shape index (κ2) is 4.63. The summed E-state index contributed by atoms with van der Waals surface area (Å²) < 4.78 is 1.93. The molecule has 0 unspecified atom stereocenters. The third-order valence-electron chi connectivity index (χ3n) is 3.56. The van der Waals surface area contributed by atoms with Gasteiger partial charge in [-0.1, -0.05) is 6.07 Å². The van der Waals surface area contributed by atoms with Gasteiger partial charge in [-0.2, -0.15) is 0 Å². The number of amides is 1. The number of rotatable bonds is 5. The molecule has 0 atom stereocenters. The average Bonchev–Trinajstić information content (AvgIpc) is 3.17. The number of carbonyl (C=O) groups is 2. The van der Waals surface area contributed by atoms with Gasteiger partial charge in [-0.15, -0.1) is 0 Å². The summed E-state index contributed by atoms with van der Waals surface area (Å²) in [5.41, 5.74) is 6.65. The summed E-state index contributed by atoms with van der Waals surface area (Å²) in [5.74, 6) is -0.118. The molecule has 1 heterocycles. The maximum absolute atomic E-state index is 11.3. The number of hydrogen-bond donors (Lipinski definition) is 2. The van der Waals surface area contributed by atoms with E-state index in [0.717, 1.165) is 24.2 Å². The van der Waals surface area contributed by atoms with Crippen LogP contribution in [0.1, 0.15) is 41.4 Å². The monoisotopic (exact) mass is 273 g/mol. The van der Waals surface area contributed by atoms with Gasteiger partial charge in [0.2, 0.25) is 5.91 Å². The third-order valence-corrected chi connectivity index (χ3v) is 3.56. The van der Waals surface area contributed by atoms with E-state index in [1.54, 1.807) is 12.1 Å². The molecule has 0 radical (unpaired) electrons. The van der Waals surface area contributed by atoms with Crippen molar-refractivity contribution in [3.8, 4) is 0 Å². The number of aromatic carboxylic acids is 1. The van der Waals surface area contributed by atoms with Gasteiger partial charge in [0, 0.05) is 18.9 Å². The number of carbonyl (C=O) groups excluding carboxylic acids is 1. The zero-order chi connectivity index (χ0) is 14.3. The Hall–Kier alpha value is -2.37. The van der Waals surface area contributed by atoms with Gasteiger partial charge in [0.25, 0.3) is 0 Å². The molecule has 1 aromatic heterocycles. The van der Waals surface area contributed by atoms with E-state index in [1.165, 1.54) is 0 Å². The highest BCUT2D eigenvalue weighted by molar-refractivity contribution is 6.01. The van der Waals surface area contributed by atoms with E-state index in [2.05, 4.69) is 4.98 Å². The van der Waals surface area contributed by atoms with Crippen LogP contribution in [0.2, 0.25) is 0 Å². The molecule has 1 saturated carbocycles. The van der Waals surface area contributed by atoms with Crippen molar-refractivity contribution in [3.05, 3.63) is 29.6 Å². The molecule has 1 aliphatic carbocycles. The average molecular weight is 273 g/mol. The van der Waals surface area contributed by atoms with Crippen LogP contribution >= 0.6 is 0 Å². The lowest BCUT2D eigenvalue weighted by Gasteiger charge is -2.07. The van der Waals surface area contributed by atoms with Crippen LogP contribution < -0.4 is 5.73 Å². The molecule has 0 saturated heterocycles. The van der Waals surface area contributed by atoms with Crippen LogP contribution in [0.4, 0.5) is 0 Å². The Bertz CT molecular complexity index is 701. The first-order chi connectivity index (χ1) is 9.58. The first-order valence-corrected chi connectivity index (χ1v) is 6.58. The van der Waals surface area contributed by atoms with Crippen LogP contribution in [-0.4, -0.2) is 26.5 Å². The predicted molar refractivity (Wildman–Crippen MR) is 72.5 cm³/mol. The fourth-order valence-corrected chi connectivity index (χ4v) is 2.45. The number of benzene rings is 1. The van der Waals surface area contributed by atoms with Crippen molar-refractivity contribution in [2.45, 2.75) is 31.7 Å². The summed E-state index contributed by atoms with van der Waals surface area (Å²) in [6.07, 6.45) is 2.34. The summed E-state index contributed by atoms with van der Waals surface area (Å²) in [7, 11) is 0. The molecule has 104 valence electrons. The molecule has 2 aromatic rings. The van der Waals surface area contributed by atoms with E-state index < -0.39 is 5.97 Å². The number of hydrogen-bond acceptors (Lipinski definition) is 3. The van der Waals surface area contributed by atoms with Gasteiger partial charge in [0.15, 0.2) is 0 Å². The third kappa shape index (κ3) is 2.13. The van der Waals surface area contributed by atoms with E-state index >= 15 is 0 Å². The van der Waals surface area contributed by atoms with Crippen LogP contribution in [-0.2, 0) is 11.3 Å². The van der Waals surface area contributed by atoms with Gasteiger partial charge in [-0.3, -0.25) is 4.79 Å². The van der Waals surface area contributed by atoms with Crippen LogP contribution in [0.5, 0.6) is 0 Å². The minimum absolute atomic E-state index is 0.197. The molecular formula is C14H15N3O3. The van der Waals surface area contributed by atoms with Crippen molar-refractivity contribution in [1.82, 2.24) is 9.55 Å². The van der Waals surface area contributed by atoms with Gasteiger partial charge in [-0.25, -0.2) is 9.78 Å². The van der Waals surface area contributed by atoms with Gasteiger partial charge >= 0.3 is 5.97 Å². The molecule has 1 fully saturated rings. The highest BCUT2D eigenvalue weighted by Crippen LogP contribution is 2.41. The van der Waals surface area contributed by atoms with Gasteiger partial charge in [0.1, 0.15) is 11.3 Å². The van der Waals surface area contributed by atoms with E-state index in [4.69, 9.17) is 5.73 Å². The summed E-state index contributed by atoms with van der Waals surface area (Å²) >= 11 is 0. The Morgan fingerprint density at radius 3 is 2.75 bits per heavy atom. The Labute approximate surface area is 115 Å². The van der Waals surface area contributed by atoms with Crippen molar-refractivity contribution >= 4 is 22.9 Å². The van der Waals surface area contributed by atoms with Crippen LogP contribution in [0.15, 0.2) is 18.2 Å². The number of imidazole rings is 1. The number of aryl methyl sites for hydroxylation is 1. The zero-order valence-electron chi connectivity index (χ0n) is 10.9. The molecule has 1 aliphatic rings. The number of aromatic nitrogens is 2. The number of carboxylic acid groups (broad SMARTS) is 1. The van der Waals surface area contributed by atoms with Crippen LogP contribution in [0, 0.1) is 0 Å². The molecule has 6 nitrogen and oxygen atoms in total. The molecule has 0 spiro atoms. The van der Waals surface area contributed by atoms with Gasteiger partial charge < -0.3 is 15.4 Å². The second-order valence-corrected chi connectivity index (χ2v) is 5.09. The second-order valence-electron chi connectivity index (χ2n) is 5.09. The van der Waals surface area contributed by atoms with Crippen molar-refractivity contribution in [3.63, 3.8) is 0 Å². The SMILES string of the molecule is NC(=O)CCn1c(C2CC2)nc2c(C(=O)O)cccc21. The Morgan fingerprint density at radius 2 is 2.15 bits per heavy atom. The number of fused-ring (bicyclic) bond motifs is 1. The maximum Gasteiger partial charge on any atom is 0.337 e. The number of primary amides is 1. The molecule has 1 amide bonds. The number of para-hydroxylation sites is 1. The standard InChI is InChI=1S/C14H15N3O3/c15-11(18)6-7-17-10-3-1-2-9(14(19)20)12(10)16-13(17)8-4-5-8/h1-3,8H,4-7H2,(H2,15,18)(H,19,20). The summed E-state index contributed by atoms with van der Waals surface area (Å²) in [5, 5.41) is 9.23. The molecule has 20 heavy (non-hydrogen) atoms. The van der Waals surface area contributed by atoms with E-state index in [9.17, 15) is 14.7 Å². The maximum atomic E-state index is 11.3. The predicted octanol–water partition coefficient (Wildman–Crippen LogP) is 1.49. The number of nitrogens with two attached hydrogens (primary N) is 1. The topological polar surface area (TPSA) is 98.2 Å². The van der Waals surface area contributed by atoms with E-state index in [1.807, 2.05) is 10.6 Å². The summed E-state index contributed by atoms with van der Waals surface area (Å²) in [6, 6.07) is 5.08. The van der Waals surface area contributed by atoms with Crippen molar-refractivity contribution < 1.29 is 14.7 Å². The van der Waals surface area contributed by atoms with E-state index in [-0.39, 0.29) is 17.9 Å². The fourth-order valence-electron chi connectivity index (χ4n) is 2.45. The van der Waals surface area contributed by atoms with Gasteiger partial charge in [0.05, 0.1) is 11.1 Å². The Morgan fingerprint density at radius 1 is 1.40 bits per heavy atom. The lowest BCUT2D eigenvalue weighted by Crippen LogP contribution is -2.15. The molecule has 0 aliphatic heterocycles. The smallest absolute Gasteiger partial charge is 0.337 e.